The lowest BCUT2D eigenvalue weighted by Gasteiger charge is -2.18. The number of rotatable bonds is 7. The first-order valence-electron chi connectivity index (χ1n) is 9.31. The summed E-state index contributed by atoms with van der Waals surface area (Å²) in [6, 6.07) is 13.9. The third-order valence-electron chi connectivity index (χ3n) is 4.55. The van der Waals surface area contributed by atoms with Gasteiger partial charge in [0.1, 0.15) is 0 Å². The van der Waals surface area contributed by atoms with Crippen molar-refractivity contribution < 1.29 is 14.3 Å². The zero-order valence-electron chi connectivity index (χ0n) is 16.6. The van der Waals surface area contributed by atoms with Crippen LogP contribution in [0, 0.1) is 13.8 Å². The number of carbonyl (C=O) groups is 2. The minimum absolute atomic E-state index is 0.0234. The van der Waals surface area contributed by atoms with E-state index in [-0.39, 0.29) is 17.8 Å². The van der Waals surface area contributed by atoms with Crippen molar-refractivity contribution >= 4 is 40.5 Å². The van der Waals surface area contributed by atoms with Gasteiger partial charge in [-0.2, -0.15) is 0 Å². The van der Waals surface area contributed by atoms with Crippen LogP contribution in [0.4, 0.5) is 5.69 Å². The molecule has 1 aromatic heterocycles. The maximum absolute atomic E-state index is 12.9. The van der Waals surface area contributed by atoms with Crippen LogP contribution >= 0.6 is 22.9 Å². The Kier molecular flexibility index (Phi) is 7.07. The normalized spacial score (nSPS) is 11.7. The molecule has 0 saturated heterocycles. The van der Waals surface area contributed by atoms with Crippen molar-refractivity contribution in [1.29, 1.82) is 0 Å². The van der Waals surface area contributed by atoms with Gasteiger partial charge in [0.25, 0.3) is 5.91 Å². The standard InChI is InChI=1S/C22H21ClN2O4S/c1-14-8-9-17(12-18(14)23)24-21(27)20(16-6-4-3-5-7-16)29-19(26)10-11-25-15(2)13-30-22(25)28/h3-9,12-13,20H,10-11H2,1-2H3,(H,24,27). The Balaban J connectivity index is 1.73. The number of aromatic nitrogens is 1. The second-order valence-corrected chi connectivity index (χ2v) is 8.01. The summed E-state index contributed by atoms with van der Waals surface area (Å²) >= 11 is 7.21. The first-order valence-corrected chi connectivity index (χ1v) is 10.6. The Morgan fingerprint density at radius 3 is 2.53 bits per heavy atom. The van der Waals surface area contributed by atoms with E-state index < -0.39 is 18.0 Å². The molecule has 0 fully saturated rings. The highest BCUT2D eigenvalue weighted by Crippen LogP contribution is 2.24. The number of nitrogens with zero attached hydrogens (tertiary/aromatic N) is 1. The summed E-state index contributed by atoms with van der Waals surface area (Å²) in [4.78, 5) is 37.0. The summed E-state index contributed by atoms with van der Waals surface area (Å²) in [6.07, 6.45) is -1.15. The van der Waals surface area contributed by atoms with Gasteiger partial charge in [-0.1, -0.05) is 59.3 Å². The van der Waals surface area contributed by atoms with Crippen molar-refractivity contribution in [2.75, 3.05) is 5.32 Å². The third-order valence-corrected chi connectivity index (χ3v) is 5.83. The number of nitrogens with one attached hydrogen (secondary N) is 1. The van der Waals surface area contributed by atoms with Crippen molar-refractivity contribution in [3.63, 3.8) is 0 Å². The highest BCUT2D eigenvalue weighted by Gasteiger charge is 2.25. The first-order chi connectivity index (χ1) is 14.3. The second kappa shape index (κ2) is 9.73. The molecule has 0 bridgehead atoms. The lowest BCUT2D eigenvalue weighted by molar-refractivity contribution is -0.155. The van der Waals surface area contributed by atoms with Crippen molar-refractivity contribution in [3.05, 3.63) is 85.4 Å². The summed E-state index contributed by atoms with van der Waals surface area (Å²) in [5.41, 5.74) is 2.73. The number of hydrogen-bond donors (Lipinski definition) is 1. The molecule has 1 unspecified atom stereocenters. The Morgan fingerprint density at radius 2 is 1.90 bits per heavy atom. The molecule has 3 rings (SSSR count). The quantitative estimate of drug-likeness (QED) is 0.544. The first kappa shape index (κ1) is 21.8. The summed E-state index contributed by atoms with van der Waals surface area (Å²) in [5.74, 6) is -1.06. The van der Waals surface area contributed by atoms with Gasteiger partial charge in [-0.15, -0.1) is 0 Å². The van der Waals surface area contributed by atoms with Crippen LogP contribution in [0.15, 0.2) is 58.7 Å². The van der Waals surface area contributed by atoms with Crippen LogP contribution in [0.5, 0.6) is 0 Å². The SMILES string of the molecule is Cc1ccc(NC(=O)C(OC(=O)CCn2c(C)csc2=O)c2ccccc2)cc1Cl. The molecule has 2 aromatic carbocycles. The van der Waals surface area contributed by atoms with Gasteiger partial charge in [-0.3, -0.25) is 14.4 Å². The molecule has 8 heteroatoms. The average Bonchev–Trinajstić information content (AvgIpc) is 3.05. The van der Waals surface area contributed by atoms with E-state index in [1.165, 1.54) is 4.57 Å². The van der Waals surface area contributed by atoms with Crippen molar-refractivity contribution in [3.8, 4) is 0 Å². The topological polar surface area (TPSA) is 77.4 Å². The van der Waals surface area contributed by atoms with E-state index in [1.54, 1.807) is 54.8 Å². The smallest absolute Gasteiger partial charge is 0.308 e. The van der Waals surface area contributed by atoms with E-state index in [2.05, 4.69) is 5.32 Å². The lowest BCUT2D eigenvalue weighted by Crippen LogP contribution is -2.27. The highest BCUT2D eigenvalue weighted by atomic mass is 35.5. The van der Waals surface area contributed by atoms with Crippen LogP contribution in [-0.4, -0.2) is 16.4 Å². The van der Waals surface area contributed by atoms with Gasteiger partial charge in [0.05, 0.1) is 6.42 Å². The van der Waals surface area contributed by atoms with Gasteiger partial charge < -0.3 is 14.6 Å². The summed E-state index contributed by atoms with van der Waals surface area (Å²) in [6.45, 7) is 3.86. The molecular formula is C22H21ClN2O4S. The molecule has 1 heterocycles. The van der Waals surface area contributed by atoms with Gasteiger partial charge in [-0.25, -0.2) is 0 Å². The molecule has 156 valence electrons. The molecule has 0 aliphatic rings. The predicted molar refractivity (Wildman–Crippen MR) is 118 cm³/mol. The molecule has 0 aliphatic heterocycles. The average molecular weight is 445 g/mol. The molecule has 1 N–H and O–H groups in total. The summed E-state index contributed by atoms with van der Waals surface area (Å²) in [7, 11) is 0. The molecule has 1 amide bonds. The number of anilines is 1. The van der Waals surface area contributed by atoms with Gasteiger partial charge >= 0.3 is 10.8 Å². The van der Waals surface area contributed by atoms with Gasteiger partial charge in [0, 0.05) is 33.9 Å². The van der Waals surface area contributed by atoms with E-state index >= 15 is 0 Å². The Morgan fingerprint density at radius 1 is 1.17 bits per heavy atom. The van der Waals surface area contributed by atoms with Gasteiger partial charge in [0.2, 0.25) is 6.10 Å². The third kappa shape index (κ3) is 5.37. The zero-order chi connectivity index (χ0) is 21.7. The molecule has 0 radical (unpaired) electrons. The molecule has 6 nitrogen and oxygen atoms in total. The van der Waals surface area contributed by atoms with Crippen LogP contribution in [-0.2, 0) is 20.9 Å². The number of amides is 1. The molecule has 0 spiro atoms. The summed E-state index contributed by atoms with van der Waals surface area (Å²) in [5, 5.41) is 5.01. The van der Waals surface area contributed by atoms with Crippen molar-refractivity contribution in [1.82, 2.24) is 4.57 Å². The Hall–Kier alpha value is -2.90. The number of esters is 1. The molecule has 3 aromatic rings. The number of aryl methyl sites for hydroxylation is 2. The zero-order valence-corrected chi connectivity index (χ0v) is 18.1. The maximum Gasteiger partial charge on any atom is 0.308 e. The number of benzene rings is 2. The van der Waals surface area contributed by atoms with Crippen molar-refractivity contribution in [2.45, 2.75) is 32.9 Å². The van der Waals surface area contributed by atoms with Gasteiger partial charge in [0.15, 0.2) is 0 Å². The predicted octanol–water partition coefficient (Wildman–Crippen LogP) is 4.49. The van der Waals surface area contributed by atoms with Crippen molar-refractivity contribution in [2.24, 2.45) is 0 Å². The van der Waals surface area contributed by atoms with Crippen LogP contribution in [0.3, 0.4) is 0 Å². The molecule has 0 saturated carbocycles. The van der Waals surface area contributed by atoms with E-state index in [9.17, 15) is 14.4 Å². The minimum atomic E-state index is -1.13. The monoisotopic (exact) mass is 444 g/mol. The maximum atomic E-state index is 12.9. The molecule has 30 heavy (non-hydrogen) atoms. The Bertz CT molecular complexity index is 1110. The highest BCUT2D eigenvalue weighted by molar-refractivity contribution is 7.07. The van der Waals surface area contributed by atoms with E-state index in [0.717, 1.165) is 22.6 Å². The van der Waals surface area contributed by atoms with Crippen LogP contribution in [0.1, 0.15) is 29.3 Å². The number of hydrogen-bond acceptors (Lipinski definition) is 5. The summed E-state index contributed by atoms with van der Waals surface area (Å²) < 4.78 is 7.02. The number of carbonyl (C=O) groups excluding carboxylic acids is 2. The van der Waals surface area contributed by atoms with Crippen LogP contribution < -0.4 is 10.2 Å². The fourth-order valence-corrected chi connectivity index (χ4v) is 3.79. The molecule has 1 atom stereocenters. The second-order valence-electron chi connectivity index (χ2n) is 6.78. The lowest BCUT2D eigenvalue weighted by atomic mass is 10.1. The van der Waals surface area contributed by atoms with E-state index in [4.69, 9.17) is 16.3 Å². The number of ether oxygens (including phenoxy) is 1. The fraction of sp³-hybridized carbons (Fsp3) is 0.227. The van der Waals surface area contributed by atoms with Gasteiger partial charge in [-0.05, 0) is 31.5 Å². The largest absolute Gasteiger partial charge is 0.447 e. The van der Waals surface area contributed by atoms with E-state index in [0.29, 0.717) is 16.3 Å². The van der Waals surface area contributed by atoms with E-state index in [1.807, 2.05) is 13.0 Å². The fourth-order valence-electron chi connectivity index (χ4n) is 2.85. The molecular weight excluding hydrogens is 424 g/mol. The Labute approximate surface area is 183 Å². The number of thiazole rings is 1. The van der Waals surface area contributed by atoms with Crippen LogP contribution in [0.2, 0.25) is 5.02 Å². The minimum Gasteiger partial charge on any atom is -0.447 e. The van der Waals surface area contributed by atoms with Crippen LogP contribution in [0.25, 0.3) is 0 Å². The molecule has 0 aliphatic carbocycles. The number of halogens is 1.